The zero-order chi connectivity index (χ0) is 44.4. The number of nitrogens with zero attached hydrogens (tertiary/aromatic N) is 2. The van der Waals surface area contributed by atoms with Crippen molar-refractivity contribution in [2.75, 3.05) is 0 Å². The molecule has 1 aliphatic heterocycles. The Morgan fingerprint density at radius 3 is 1.79 bits per heavy atom. The van der Waals surface area contributed by atoms with Crippen molar-refractivity contribution in [2.24, 2.45) is 10.9 Å². The molecule has 0 fully saturated rings. The molecule has 0 aliphatic carbocycles. The van der Waals surface area contributed by atoms with Gasteiger partial charge < -0.3 is 4.57 Å². The van der Waals surface area contributed by atoms with Crippen LogP contribution in [0.2, 0.25) is 0 Å². The Labute approximate surface area is 390 Å². The maximum absolute atomic E-state index is 5.60. The van der Waals surface area contributed by atoms with E-state index in [2.05, 4.69) is 248 Å². The number of aromatic nitrogens is 1. The van der Waals surface area contributed by atoms with Gasteiger partial charge in [-0.1, -0.05) is 207 Å². The third kappa shape index (κ3) is 6.51. The molecule has 12 aromatic rings. The number of hydrogen-bond acceptors (Lipinski definition) is 1. The molecule has 2 heterocycles. The lowest BCUT2D eigenvalue weighted by atomic mass is 9.76. The zero-order valence-corrected chi connectivity index (χ0v) is 37.3. The SMILES string of the molecule is CCC1C(c2ccccc2)=NC(c2ccc3c(c2)c2ccccc2c2cccc(-c4ccc5c6ccccc6n(-c6ccc7ccccc7c6)c5c4)c23)=CC1c1ccc(-c2ccccc2)cc1. The summed E-state index contributed by atoms with van der Waals surface area (Å²) in [6.45, 7) is 2.30. The van der Waals surface area contributed by atoms with Crippen LogP contribution in [0, 0.1) is 5.92 Å². The highest BCUT2D eigenvalue weighted by molar-refractivity contribution is 6.29. The molecule has 13 rings (SSSR count). The third-order valence-corrected chi connectivity index (χ3v) is 14.4. The molecule has 0 N–H and O–H groups in total. The van der Waals surface area contributed by atoms with Crippen LogP contribution < -0.4 is 0 Å². The molecule has 2 nitrogen and oxygen atoms in total. The topological polar surface area (TPSA) is 17.3 Å². The second-order valence-electron chi connectivity index (χ2n) is 18.1. The lowest BCUT2D eigenvalue weighted by Gasteiger charge is -2.31. The van der Waals surface area contributed by atoms with Crippen molar-refractivity contribution in [2.45, 2.75) is 19.3 Å². The van der Waals surface area contributed by atoms with Crippen LogP contribution in [-0.4, -0.2) is 10.3 Å². The standard InChI is InChI=1S/C65H46N2/c1-2-51-59(45-30-28-44(29-31-45)42-16-5-3-6-17-42)41-61(66-65(51)46-19-7-4-8-20-46)49-34-37-58-60(39-49)54-23-12-11-22-53(54)57-26-15-25-52(64(57)58)48-33-36-56-55-24-13-14-27-62(55)67(63(56)40-48)50-35-32-43-18-9-10-21-47(43)38-50/h3-41,51,59H,2H2,1H3. The van der Waals surface area contributed by atoms with Gasteiger partial charge in [0.25, 0.3) is 0 Å². The number of rotatable bonds is 7. The third-order valence-electron chi connectivity index (χ3n) is 14.4. The summed E-state index contributed by atoms with van der Waals surface area (Å²) in [6, 6.07) is 84.9. The minimum Gasteiger partial charge on any atom is -0.309 e. The Morgan fingerprint density at radius 2 is 1.00 bits per heavy atom. The maximum Gasteiger partial charge on any atom is 0.0672 e. The fourth-order valence-electron chi connectivity index (χ4n) is 11.2. The van der Waals surface area contributed by atoms with Gasteiger partial charge in [0.1, 0.15) is 0 Å². The molecule has 0 spiro atoms. The van der Waals surface area contributed by atoms with Gasteiger partial charge in [0, 0.05) is 33.9 Å². The van der Waals surface area contributed by atoms with E-state index in [1.807, 2.05) is 0 Å². The summed E-state index contributed by atoms with van der Waals surface area (Å²) >= 11 is 0. The predicted octanol–water partition coefficient (Wildman–Crippen LogP) is 17.4. The molecule has 0 radical (unpaired) electrons. The molecule has 1 aromatic heterocycles. The Balaban J connectivity index is 0.999. The van der Waals surface area contributed by atoms with Crippen LogP contribution >= 0.6 is 0 Å². The van der Waals surface area contributed by atoms with E-state index in [1.54, 1.807) is 0 Å². The highest BCUT2D eigenvalue weighted by Gasteiger charge is 2.31. The van der Waals surface area contributed by atoms with E-state index in [4.69, 9.17) is 4.99 Å². The van der Waals surface area contributed by atoms with Gasteiger partial charge in [-0.25, -0.2) is 0 Å². The number of fused-ring (bicyclic) bond motifs is 10. The Hall–Kier alpha value is -8.33. The fraction of sp³-hybridized carbons (Fsp3) is 0.0615. The van der Waals surface area contributed by atoms with Crippen LogP contribution in [0.3, 0.4) is 0 Å². The summed E-state index contributed by atoms with van der Waals surface area (Å²) in [5.74, 6) is 0.395. The van der Waals surface area contributed by atoms with Gasteiger partial charge >= 0.3 is 0 Å². The molecular weight excluding hydrogens is 809 g/mol. The van der Waals surface area contributed by atoms with E-state index in [0.717, 1.165) is 29.1 Å². The fourth-order valence-corrected chi connectivity index (χ4v) is 11.2. The van der Waals surface area contributed by atoms with E-state index in [0.29, 0.717) is 0 Å². The van der Waals surface area contributed by atoms with Crippen molar-refractivity contribution in [1.29, 1.82) is 0 Å². The summed E-state index contributed by atoms with van der Waals surface area (Å²) in [4.78, 5) is 5.60. The largest absolute Gasteiger partial charge is 0.309 e. The lowest BCUT2D eigenvalue weighted by molar-refractivity contribution is 0.593. The monoisotopic (exact) mass is 854 g/mol. The van der Waals surface area contributed by atoms with E-state index in [-0.39, 0.29) is 11.8 Å². The van der Waals surface area contributed by atoms with Crippen molar-refractivity contribution >= 4 is 76.3 Å². The first-order valence-corrected chi connectivity index (χ1v) is 23.6. The van der Waals surface area contributed by atoms with Crippen LogP contribution in [0.15, 0.2) is 242 Å². The van der Waals surface area contributed by atoms with Gasteiger partial charge in [0.2, 0.25) is 0 Å². The average molecular weight is 855 g/mol. The van der Waals surface area contributed by atoms with Gasteiger partial charge in [0.15, 0.2) is 0 Å². The molecule has 11 aromatic carbocycles. The molecular formula is C65H46N2. The van der Waals surface area contributed by atoms with E-state index < -0.39 is 0 Å². The molecule has 2 atom stereocenters. The second kappa shape index (κ2) is 16.0. The van der Waals surface area contributed by atoms with Crippen LogP contribution in [0.4, 0.5) is 0 Å². The van der Waals surface area contributed by atoms with Crippen molar-refractivity contribution < 1.29 is 0 Å². The van der Waals surface area contributed by atoms with Gasteiger partial charge in [-0.3, -0.25) is 4.99 Å². The normalized spacial score (nSPS) is 15.2. The maximum atomic E-state index is 5.60. The number of para-hydroxylation sites is 1. The van der Waals surface area contributed by atoms with Crippen molar-refractivity contribution in [3.05, 3.63) is 253 Å². The predicted molar refractivity (Wildman–Crippen MR) is 286 cm³/mol. The summed E-state index contributed by atoms with van der Waals surface area (Å²) in [5, 5.41) is 12.5. The first-order valence-electron chi connectivity index (χ1n) is 23.6. The molecule has 0 saturated heterocycles. The van der Waals surface area contributed by atoms with Crippen LogP contribution in [-0.2, 0) is 0 Å². The van der Waals surface area contributed by atoms with E-state index >= 15 is 0 Å². The Morgan fingerprint density at radius 1 is 0.403 bits per heavy atom. The summed E-state index contributed by atoms with van der Waals surface area (Å²) in [7, 11) is 0. The highest BCUT2D eigenvalue weighted by Crippen LogP contribution is 2.45. The molecule has 0 saturated carbocycles. The minimum atomic E-state index is 0.160. The van der Waals surface area contributed by atoms with Crippen molar-refractivity contribution in [1.82, 2.24) is 4.57 Å². The van der Waals surface area contributed by atoms with Crippen LogP contribution in [0.25, 0.3) is 98.5 Å². The number of allylic oxidation sites excluding steroid dienone is 1. The minimum absolute atomic E-state index is 0.160. The van der Waals surface area contributed by atoms with Crippen molar-refractivity contribution in [3.63, 3.8) is 0 Å². The highest BCUT2D eigenvalue weighted by atomic mass is 15.0. The molecule has 1 aliphatic rings. The first-order chi connectivity index (χ1) is 33.2. The summed E-state index contributed by atoms with van der Waals surface area (Å²) in [5.41, 5.74) is 14.3. The Bertz CT molecular complexity index is 3950. The van der Waals surface area contributed by atoms with E-state index in [9.17, 15) is 0 Å². The smallest absolute Gasteiger partial charge is 0.0672 e. The molecule has 0 bridgehead atoms. The molecule has 0 amide bonds. The molecule has 316 valence electrons. The molecule has 67 heavy (non-hydrogen) atoms. The quantitative estimate of drug-likeness (QED) is 0.142. The van der Waals surface area contributed by atoms with Crippen molar-refractivity contribution in [3.8, 4) is 27.9 Å². The molecule has 2 unspecified atom stereocenters. The molecule has 2 heteroatoms. The first kappa shape index (κ1) is 39.1. The number of aliphatic imine (C=N–C) groups is 1. The van der Waals surface area contributed by atoms with Crippen LogP contribution in [0.5, 0.6) is 0 Å². The van der Waals surface area contributed by atoms with Crippen LogP contribution in [0.1, 0.15) is 36.0 Å². The van der Waals surface area contributed by atoms with E-state index in [1.165, 1.54) is 98.3 Å². The lowest BCUT2D eigenvalue weighted by Crippen LogP contribution is -2.25. The summed E-state index contributed by atoms with van der Waals surface area (Å²) < 4.78 is 2.45. The van der Waals surface area contributed by atoms with Gasteiger partial charge in [-0.15, -0.1) is 0 Å². The summed E-state index contributed by atoms with van der Waals surface area (Å²) in [6.07, 6.45) is 3.42. The number of hydrogen-bond donors (Lipinski definition) is 0. The number of benzene rings is 11. The second-order valence-corrected chi connectivity index (χ2v) is 18.1. The van der Waals surface area contributed by atoms with Gasteiger partial charge in [-0.05, 0) is 119 Å². The Kier molecular flexibility index (Phi) is 9.32. The zero-order valence-electron chi connectivity index (χ0n) is 37.3. The average Bonchev–Trinajstić information content (AvgIpc) is 3.74. The van der Waals surface area contributed by atoms with Gasteiger partial charge in [0.05, 0.1) is 22.4 Å². The van der Waals surface area contributed by atoms with Gasteiger partial charge in [-0.2, -0.15) is 0 Å².